The van der Waals surface area contributed by atoms with Crippen LogP contribution in [0.1, 0.15) is 21.5 Å². The zero-order valence-electron chi connectivity index (χ0n) is 13.9. The van der Waals surface area contributed by atoms with Gasteiger partial charge in [-0.2, -0.15) is 0 Å². The van der Waals surface area contributed by atoms with Crippen molar-refractivity contribution in [3.05, 3.63) is 100 Å². The summed E-state index contributed by atoms with van der Waals surface area (Å²) in [4.78, 5) is 12.6. The summed E-state index contributed by atoms with van der Waals surface area (Å²) in [6, 6.07) is 22.1. The number of phenols is 1. The number of ether oxygens (including phenoxy) is 1. The van der Waals surface area contributed by atoms with Crippen molar-refractivity contribution in [2.75, 3.05) is 0 Å². The molecule has 0 unspecified atom stereocenters. The van der Waals surface area contributed by atoms with Crippen LogP contribution >= 0.6 is 15.9 Å². The maximum Gasteiger partial charge on any atom is 0.193 e. The van der Waals surface area contributed by atoms with E-state index in [-0.39, 0.29) is 17.1 Å². The Labute approximate surface area is 160 Å². The van der Waals surface area contributed by atoms with Gasteiger partial charge in [0.25, 0.3) is 0 Å². The van der Waals surface area contributed by atoms with E-state index in [1.54, 1.807) is 18.2 Å². The molecule has 0 saturated heterocycles. The summed E-state index contributed by atoms with van der Waals surface area (Å²) >= 11 is 3.38. The van der Waals surface area contributed by atoms with Crippen molar-refractivity contribution in [3.8, 4) is 11.5 Å². The molecule has 0 aliphatic heterocycles. The molecule has 0 saturated carbocycles. The van der Waals surface area contributed by atoms with E-state index in [0.717, 1.165) is 15.6 Å². The van der Waals surface area contributed by atoms with E-state index < -0.39 is 0 Å². The van der Waals surface area contributed by atoms with Crippen LogP contribution in [-0.4, -0.2) is 10.9 Å². The van der Waals surface area contributed by atoms with E-state index in [0.29, 0.717) is 12.4 Å². The number of phenolic OH excluding ortho intramolecular Hbond substituents is 1. The molecule has 130 valence electrons. The Kier molecular flexibility index (Phi) is 5.87. The van der Waals surface area contributed by atoms with Crippen LogP contribution in [-0.2, 0) is 6.61 Å². The summed E-state index contributed by atoms with van der Waals surface area (Å²) in [6.45, 7) is 0.320. The van der Waals surface area contributed by atoms with E-state index in [9.17, 15) is 9.90 Å². The van der Waals surface area contributed by atoms with Gasteiger partial charge in [-0.25, -0.2) is 0 Å². The van der Waals surface area contributed by atoms with E-state index in [2.05, 4.69) is 15.9 Å². The highest BCUT2D eigenvalue weighted by atomic mass is 79.9. The number of hydrogen-bond acceptors (Lipinski definition) is 3. The van der Waals surface area contributed by atoms with Gasteiger partial charge < -0.3 is 9.84 Å². The minimum absolute atomic E-state index is 0.0963. The lowest BCUT2D eigenvalue weighted by molar-refractivity contribution is 0.104. The second-order valence-electron chi connectivity index (χ2n) is 5.67. The van der Waals surface area contributed by atoms with Gasteiger partial charge in [0, 0.05) is 4.47 Å². The molecule has 3 aromatic carbocycles. The van der Waals surface area contributed by atoms with Crippen LogP contribution in [0, 0.1) is 0 Å². The van der Waals surface area contributed by atoms with Crippen LogP contribution in [0.15, 0.2) is 83.3 Å². The maximum atomic E-state index is 12.6. The summed E-state index contributed by atoms with van der Waals surface area (Å²) < 4.78 is 6.74. The number of allylic oxidation sites excluding steroid dienone is 1. The van der Waals surface area contributed by atoms with Crippen molar-refractivity contribution < 1.29 is 14.6 Å². The summed E-state index contributed by atoms with van der Waals surface area (Å²) in [5.74, 6) is -0.0468. The number of carbonyl (C=O) groups is 1. The normalized spacial score (nSPS) is 10.8. The number of ketones is 1. The van der Waals surface area contributed by atoms with Crippen LogP contribution in [0.4, 0.5) is 0 Å². The molecule has 0 radical (unpaired) electrons. The fraction of sp³-hybridized carbons (Fsp3) is 0.0455. The van der Waals surface area contributed by atoms with Gasteiger partial charge >= 0.3 is 0 Å². The van der Waals surface area contributed by atoms with Crippen LogP contribution in [0.25, 0.3) is 6.08 Å². The molecule has 0 spiro atoms. The van der Waals surface area contributed by atoms with E-state index in [1.165, 1.54) is 12.1 Å². The summed E-state index contributed by atoms with van der Waals surface area (Å²) in [5, 5.41) is 10.2. The largest absolute Gasteiger partial charge is 0.507 e. The van der Waals surface area contributed by atoms with Gasteiger partial charge in [0.15, 0.2) is 5.78 Å². The third-order valence-corrected chi connectivity index (χ3v) is 4.31. The topological polar surface area (TPSA) is 46.5 Å². The third kappa shape index (κ3) is 4.61. The summed E-state index contributed by atoms with van der Waals surface area (Å²) in [7, 11) is 0. The smallest absolute Gasteiger partial charge is 0.193 e. The Balaban J connectivity index is 1.79. The monoisotopic (exact) mass is 408 g/mol. The van der Waals surface area contributed by atoms with E-state index in [4.69, 9.17) is 4.74 Å². The van der Waals surface area contributed by atoms with Gasteiger partial charge in [0.05, 0.1) is 0 Å². The molecule has 0 fully saturated rings. The number of rotatable bonds is 6. The molecule has 0 bridgehead atoms. The van der Waals surface area contributed by atoms with Crippen molar-refractivity contribution in [2.24, 2.45) is 0 Å². The first-order valence-electron chi connectivity index (χ1n) is 8.10. The SMILES string of the molecule is O=C(/C=C/c1ccc(Br)cc1)c1c(O)cccc1OCc1ccccc1. The van der Waals surface area contributed by atoms with Crippen LogP contribution in [0.3, 0.4) is 0 Å². The summed E-state index contributed by atoms with van der Waals surface area (Å²) in [5.41, 5.74) is 2.04. The lowest BCUT2D eigenvalue weighted by Crippen LogP contribution is -2.03. The molecule has 26 heavy (non-hydrogen) atoms. The standard InChI is InChI=1S/C22H17BrO3/c23-18-12-9-16(10-13-18)11-14-20(25)22-19(24)7-4-8-21(22)26-15-17-5-2-1-3-6-17/h1-14,24H,15H2/b14-11+. The minimum Gasteiger partial charge on any atom is -0.507 e. The van der Waals surface area contributed by atoms with Crippen molar-refractivity contribution >= 4 is 27.8 Å². The average molecular weight is 409 g/mol. The highest BCUT2D eigenvalue weighted by molar-refractivity contribution is 9.10. The lowest BCUT2D eigenvalue weighted by Gasteiger charge is -2.11. The minimum atomic E-state index is -0.311. The second-order valence-corrected chi connectivity index (χ2v) is 6.59. The van der Waals surface area contributed by atoms with Gasteiger partial charge in [0.1, 0.15) is 23.7 Å². The second kappa shape index (κ2) is 8.50. The zero-order chi connectivity index (χ0) is 18.4. The van der Waals surface area contributed by atoms with Gasteiger partial charge in [-0.1, -0.05) is 70.5 Å². The molecule has 0 aromatic heterocycles. The van der Waals surface area contributed by atoms with Crippen molar-refractivity contribution in [3.63, 3.8) is 0 Å². The molecule has 4 heteroatoms. The zero-order valence-corrected chi connectivity index (χ0v) is 15.5. The number of carbonyl (C=O) groups excluding carboxylic acids is 1. The van der Waals surface area contributed by atoms with E-state index in [1.807, 2.05) is 54.6 Å². The van der Waals surface area contributed by atoms with Crippen molar-refractivity contribution in [1.29, 1.82) is 0 Å². The highest BCUT2D eigenvalue weighted by Crippen LogP contribution is 2.29. The molecule has 0 heterocycles. The number of hydrogen-bond donors (Lipinski definition) is 1. The highest BCUT2D eigenvalue weighted by Gasteiger charge is 2.15. The number of halogens is 1. The van der Waals surface area contributed by atoms with Gasteiger partial charge in [-0.3, -0.25) is 4.79 Å². The van der Waals surface area contributed by atoms with Crippen molar-refractivity contribution in [2.45, 2.75) is 6.61 Å². The molecule has 0 atom stereocenters. The molecule has 3 nitrogen and oxygen atoms in total. The third-order valence-electron chi connectivity index (χ3n) is 3.78. The molecule has 3 rings (SSSR count). The van der Waals surface area contributed by atoms with Crippen LogP contribution in [0.5, 0.6) is 11.5 Å². The molecule has 1 N–H and O–H groups in total. The Hall–Kier alpha value is -2.85. The van der Waals surface area contributed by atoms with Gasteiger partial charge in [-0.15, -0.1) is 0 Å². The lowest BCUT2D eigenvalue weighted by atomic mass is 10.1. The fourth-order valence-corrected chi connectivity index (χ4v) is 2.72. The molecule has 3 aromatic rings. The Morgan fingerprint density at radius 3 is 2.42 bits per heavy atom. The van der Waals surface area contributed by atoms with E-state index >= 15 is 0 Å². The van der Waals surface area contributed by atoms with Crippen LogP contribution < -0.4 is 4.74 Å². The Bertz CT molecular complexity index is 916. The predicted octanol–water partition coefficient (Wildman–Crippen LogP) is 5.63. The Morgan fingerprint density at radius 1 is 0.962 bits per heavy atom. The Morgan fingerprint density at radius 2 is 1.69 bits per heavy atom. The predicted molar refractivity (Wildman–Crippen MR) is 106 cm³/mol. The first-order chi connectivity index (χ1) is 12.6. The fourth-order valence-electron chi connectivity index (χ4n) is 2.45. The molecule has 0 aliphatic rings. The molecule has 0 amide bonds. The van der Waals surface area contributed by atoms with Crippen molar-refractivity contribution in [1.82, 2.24) is 0 Å². The van der Waals surface area contributed by atoms with Gasteiger partial charge in [-0.05, 0) is 41.5 Å². The summed E-state index contributed by atoms with van der Waals surface area (Å²) in [6.07, 6.45) is 3.15. The maximum absolute atomic E-state index is 12.6. The first-order valence-corrected chi connectivity index (χ1v) is 8.89. The van der Waals surface area contributed by atoms with Crippen LogP contribution in [0.2, 0.25) is 0 Å². The molecule has 0 aliphatic carbocycles. The molecular weight excluding hydrogens is 392 g/mol. The van der Waals surface area contributed by atoms with Gasteiger partial charge in [0.2, 0.25) is 0 Å². The number of benzene rings is 3. The molecular formula is C22H17BrO3. The quantitative estimate of drug-likeness (QED) is 0.424. The average Bonchev–Trinajstić information content (AvgIpc) is 2.66. The number of aromatic hydroxyl groups is 1. The first kappa shape index (κ1) is 18.0.